The van der Waals surface area contributed by atoms with Crippen LogP contribution in [0, 0.1) is 21.4 Å². The Hall–Kier alpha value is -3.94. The Bertz CT molecular complexity index is 1370. The second-order valence-corrected chi connectivity index (χ2v) is 9.61. The average Bonchev–Trinajstić information content (AvgIpc) is 3.16. The predicted molar refractivity (Wildman–Crippen MR) is 138 cm³/mol. The van der Waals surface area contributed by atoms with E-state index in [4.69, 9.17) is 0 Å². The highest BCUT2D eigenvalue weighted by atomic mass is 79.9. The van der Waals surface area contributed by atoms with Crippen LogP contribution in [0.25, 0.3) is 0 Å². The molecule has 1 heterocycles. The highest BCUT2D eigenvalue weighted by molar-refractivity contribution is 9.10. The van der Waals surface area contributed by atoms with Crippen molar-refractivity contribution in [3.63, 3.8) is 0 Å². The first-order chi connectivity index (χ1) is 16.9. The number of halogens is 1. The minimum Gasteiger partial charge on any atom is -0.321 e. The average molecular weight is 549 g/mol. The number of nitriles is 1. The number of carbonyl (C=O) groups is 2. The van der Waals surface area contributed by atoms with E-state index in [1.54, 1.807) is 66.7 Å². The number of nitro benzene ring substituents is 1. The zero-order valence-electron chi connectivity index (χ0n) is 18.1. The molecule has 1 fully saturated rings. The number of nitro groups is 1. The van der Waals surface area contributed by atoms with Gasteiger partial charge in [-0.25, -0.2) is 0 Å². The number of nitrogens with one attached hydrogen (secondary N) is 1. The summed E-state index contributed by atoms with van der Waals surface area (Å²) in [5, 5.41) is 23.3. The molecule has 10 heteroatoms. The molecule has 4 rings (SSSR count). The van der Waals surface area contributed by atoms with Crippen LogP contribution in [0.5, 0.6) is 0 Å². The van der Waals surface area contributed by atoms with Gasteiger partial charge in [0.15, 0.2) is 0 Å². The third-order valence-corrected chi connectivity index (χ3v) is 6.96. The summed E-state index contributed by atoms with van der Waals surface area (Å²) in [5.74, 6) is -0.953. The summed E-state index contributed by atoms with van der Waals surface area (Å²) in [5.41, 5.74) is 1.36. The fraction of sp³-hybridized carbons (Fsp3) is 0.0800. The van der Waals surface area contributed by atoms with Gasteiger partial charge in [0.1, 0.15) is 16.7 Å². The van der Waals surface area contributed by atoms with Gasteiger partial charge in [0, 0.05) is 28.0 Å². The molecule has 1 saturated heterocycles. The van der Waals surface area contributed by atoms with Gasteiger partial charge < -0.3 is 5.32 Å². The summed E-state index contributed by atoms with van der Waals surface area (Å²) in [6.07, 6.45) is 0.195. The zero-order valence-corrected chi connectivity index (χ0v) is 20.5. The number of thioether (sulfide) groups is 1. The van der Waals surface area contributed by atoms with Crippen LogP contribution in [0.3, 0.4) is 0 Å². The molecule has 1 atom stereocenters. The number of hydrogen-bond acceptors (Lipinski definition) is 6. The lowest BCUT2D eigenvalue weighted by molar-refractivity contribution is -0.384. The Morgan fingerprint density at radius 1 is 1.11 bits per heavy atom. The third-order valence-electron chi connectivity index (χ3n) is 5.16. The van der Waals surface area contributed by atoms with Crippen molar-refractivity contribution in [3.8, 4) is 6.07 Å². The molecule has 1 aliphatic rings. The summed E-state index contributed by atoms with van der Waals surface area (Å²) in [4.78, 5) is 38.6. The van der Waals surface area contributed by atoms with Crippen LogP contribution in [-0.4, -0.2) is 22.0 Å². The third kappa shape index (κ3) is 5.42. The Kier molecular flexibility index (Phi) is 7.29. The molecule has 0 bridgehead atoms. The van der Waals surface area contributed by atoms with Crippen molar-refractivity contribution in [2.24, 2.45) is 0 Å². The molecule has 2 amide bonds. The molecule has 35 heavy (non-hydrogen) atoms. The topological polar surface area (TPSA) is 116 Å². The van der Waals surface area contributed by atoms with E-state index in [9.17, 15) is 25.0 Å². The van der Waals surface area contributed by atoms with E-state index < -0.39 is 16.1 Å². The molecular formula is C25H17BrN4O4S. The molecule has 3 aromatic carbocycles. The lowest BCUT2D eigenvalue weighted by Crippen LogP contribution is -2.30. The number of para-hydroxylation sites is 1. The molecule has 0 saturated carbocycles. The van der Waals surface area contributed by atoms with Crippen molar-refractivity contribution in [2.45, 2.75) is 11.7 Å². The normalized spacial score (nSPS) is 16.5. The predicted octanol–water partition coefficient (Wildman–Crippen LogP) is 5.42. The number of rotatable bonds is 6. The molecular weight excluding hydrogens is 532 g/mol. The van der Waals surface area contributed by atoms with Crippen molar-refractivity contribution in [1.82, 2.24) is 0 Å². The molecule has 1 N–H and O–H groups in total. The molecule has 1 unspecified atom stereocenters. The van der Waals surface area contributed by atoms with E-state index in [1.165, 1.54) is 17.0 Å². The van der Waals surface area contributed by atoms with Crippen LogP contribution >= 0.6 is 27.7 Å². The molecule has 0 radical (unpaired) electrons. The number of anilines is 2. The SMILES string of the molecule is N#C/C(C(=O)Nc1ccccc1)=C1/SC(Cc2cccc([N+](=O)[O-])c2)C(=O)N1c1ccc(Br)cc1. The van der Waals surface area contributed by atoms with Crippen molar-refractivity contribution in [3.05, 3.63) is 110 Å². The van der Waals surface area contributed by atoms with Gasteiger partial charge >= 0.3 is 0 Å². The summed E-state index contributed by atoms with van der Waals surface area (Å²) in [6.45, 7) is 0. The van der Waals surface area contributed by atoms with Crippen LogP contribution in [0.1, 0.15) is 5.56 Å². The van der Waals surface area contributed by atoms with Gasteiger partial charge in [-0.05, 0) is 48.4 Å². The van der Waals surface area contributed by atoms with Crippen LogP contribution in [0.4, 0.5) is 17.1 Å². The Morgan fingerprint density at radius 3 is 2.49 bits per heavy atom. The van der Waals surface area contributed by atoms with Gasteiger partial charge in [-0.15, -0.1) is 0 Å². The van der Waals surface area contributed by atoms with Gasteiger partial charge in [0.05, 0.1) is 10.2 Å². The lowest BCUT2D eigenvalue weighted by Gasteiger charge is -2.19. The lowest BCUT2D eigenvalue weighted by atomic mass is 10.1. The molecule has 8 nitrogen and oxygen atoms in total. The minimum absolute atomic E-state index is 0.0709. The first-order valence-electron chi connectivity index (χ1n) is 10.4. The number of non-ortho nitro benzene ring substituents is 1. The smallest absolute Gasteiger partial charge is 0.269 e. The van der Waals surface area contributed by atoms with Gasteiger partial charge in [0.2, 0.25) is 5.91 Å². The van der Waals surface area contributed by atoms with Gasteiger partial charge in [-0.1, -0.05) is 58.0 Å². The quantitative estimate of drug-likeness (QED) is 0.190. The highest BCUT2D eigenvalue weighted by Crippen LogP contribution is 2.42. The van der Waals surface area contributed by atoms with E-state index in [0.29, 0.717) is 16.9 Å². The van der Waals surface area contributed by atoms with Gasteiger partial charge in [-0.2, -0.15) is 5.26 Å². The monoisotopic (exact) mass is 548 g/mol. The second kappa shape index (κ2) is 10.5. The summed E-state index contributed by atoms with van der Waals surface area (Å²) in [6, 6.07) is 23.7. The first kappa shape index (κ1) is 24.2. The van der Waals surface area contributed by atoms with Crippen molar-refractivity contribution in [1.29, 1.82) is 5.26 Å². The molecule has 0 spiro atoms. The molecule has 0 aromatic heterocycles. The number of benzene rings is 3. The minimum atomic E-state index is -0.677. The molecule has 1 aliphatic heterocycles. The van der Waals surface area contributed by atoms with Crippen LogP contribution in [0.2, 0.25) is 0 Å². The largest absolute Gasteiger partial charge is 0.321 e. The Morgan fingerprint density at radius 2 is 1.83 bits per heavy atom. The highest BCUT2D eigenvalue weighted by Gasteiger charge is 2.41. The number of amides is 2. The summed E-state index contributed by atoms with van der Waals surface area (Å²) in [7, 11) is 0. The van der Waals surface area contributed by atoms with Crippen molar-refractivity contribution >= 4 is 56.6 Å². The van der Waals surface area contributed by atoms with E-state index in [-0.39, 0.29) is 28.6 Å². The maximum absolute atomic E-state index is 13.5. The van der Waals surface area contributed by atoms with Crippen molar-refractivity contribution in [2.75, 3.05) is 10.2 Å². The summed E-state index contributed by atoms with van der Waals surface area (Å²) >= 11 is 4.47. The van der Waals surface area contributed by atoms with Crippen molar-refractivity contribution < 1.29 is 14.5 Å². The fourth-order valence-electron chi connectivity index (χ4n) is 3.54. The molecule has 0 aliphatic carbocycles. The van der Waals surface area contributed by atoms with Gasteiger partial charge in [0.25, 0.3) is 11.6 Å². The van der Waals surface area contributed by atoms with Crippen LogP contribution in [0.15, 0.2) is 93.9 Å². The van der Waals surface area contributed by atoms with E-state index >= 15 is 0 Å². The Labute approximate surface area is 213 Å². The maximum atomic E-state index is 13.5. The second-order valence-electron chi connectivity index (χ2n) is 7.50. The molecule has 3 aromatic rings. The van der Waals surface area contributed by atoms with Gasteiger partial charge in [-0.3, -0.25) is 24.6 Å². The van der Waals surface area contributed by atoms with E-state index in [0.717, 1.165) is 16.2 Å². The standard InChI is InChI=1S/C25H17BrN4O4S/c26-17-9-11-19(12-10-17)29-24(32)22(14-16-5-4-8-20(13-16)30(33)34)35-25(29)21(15-27)23(31)28-18-6-2-1-3-7-18/h1-13,22H,14H2,(H,28,31)/b25-21-. The fourth-order valence-corrected chi connectivity index (χ4v) is 5.11. The van der Waals surface area contributed by atoms with Crippen LogP contribution < -0.4 is 10.2 Å². The number of hydrogen-bond donors (Lipinski definition) is 1. The Balaban J connectivity index is 1.72. The number of carbonyl (C=O) groups excluding carboxylic acids is 2. The summed E-state index contributed by atoms with van der Waals surface area (Å²) < 4.78 is 0.807. The zero-order chi connectivity index (χ0) is 24.9. The molecule has 174 valence electrons. The number of nitrogens with zero attached hydrogens (tertiary/aromatic N) is 3. The maximum Gasteiger partial charge on any atom is 0.269 e. The van der Waals surface area contributed by atoms with E-state index in [2.05, 4.69) is 21.2 Å². The first-order valence-corrected chi connectivity index (χ1v) is 12.0. The van der Waals surface area contributed by atoms with E-state index in [1.807, 2.05) is 6.07 Å². The van der Waals surface area contributed by atoms with Crippen LogP contribution in [-0.2, 0) is 16.0 Å².